The van der Waals surface area contributed by atoms with E-state index in [0.29, 0.717) is 5.69 Å². The highest BCUT2D eigenvalue weighted by molar-refractivity contribution is 6.14. The molecule has 0 aliphatic rings. The maximum atomic E-state index is 12.6. The molecule has 0 fully saturated rings. The summed E-state index contributed by atoms with van der Waals surface area (Å²) < 4.78 is 4.66. The van der Waals surface area contributed by atoms with Gasteiger partial charge in [0.25, 0.3) is 11.8 Å². The monoisotopic (exact) mass is 380 g/mol. The lowest BCUT2D eigenvalue weighted by Crippen LogP contribution is -2.32. The van der Waals surface area contributed by atoms with Crippen molar-refractivity contribution in [1.29, 1.82) is 0 Å². The number of rotatable bonds is 7. The lowest BCUT2D eigenvalue weighted by Gasteiger charge is -2.10. The molecule has 0 aliphatic carbocycles. The Labute approximate surface area is 162 Å². The Morgan fingerprint density at radius 2 is 1.54 bits per heavy atom. The van der Waals surface area contributed by atoms with Crippen molar-refractivity contribution in [2.24, 2.45) is 0 Å². The van der Waals surface area contributed by atoms with Crippen LogP contribution in [0.5, 0.6) is 0 Å². The van der Waals surface area contributed by atoms with Gasteiger partial charge in [-0.05, 0) is 25.1 Å². The van der Waals surface area contributed by atoms with Crippen molar-refractivity contribution < 1.29 is 23.9 Å². The SMILES string of the molecule is C=C(CC(=O)c1ccccc1C(=O)NC(=O)OCC)C(=O)Nc1ccccc1. The van der Waals surface area contributed by atoms with E-state index >= 15 is 0 Å². The van der Waals surface area contributed by atoms with Crippen LogP contribution >= 0.6 is 0 Å². The van der Waals surface area contributed by atoms with E-state index in [0.717, 1.165) is 0 Å². The van der Waals surface area contributed by atoms with Gasteiger partial charge in [-0.2, -0.15) is 0 Å². The third-order valence-electron chi connectivity index (χ3n) is 3.69. The molecule has 7 heteroatoms. The maximum absolute atomic E-state index is 12.6. The maximum Gasteiger partial charge on any atom is 0.414 e. The molecule has 0 aromatic heterocycles. The second kappa shape index (κ2) is 9.82. The van der Waals surface area contributed by atoms with Gasteiger partial charge in [-0.25, -0.2) is 4.79 Å². The van der Waals surface area contributed by atoms with Crippen LogP contribution in [0.25, 0.3) is 0 Å². The van der Waals surface area contributed by atoms with Gasteiger partial charge in [0.05, 0.1) is 12.2 Å². The van der Waals surface area contributed by atoms with Gasteiger partial charge in [-0.3, -0.25) is 19.7 Å². The molecule has 0 saturated heterocycles. The minimum Gasteiger partial charge on any atom is -0.450 e. The van der Waals surface area contributed by atoms with Crippen LogP contribution in [0.15, 0.2) is 66.7 Å². The minimum atomic E-state index is -0.901. The van der Waals surface area contributed by atoms with E-state index in [1.165, 1.54) is 12.1 Å². The highest BCUT2D eigenvalue weighted by Gasteiger charge is 2.21. The first-order valence-corrected chi connectivity index (χ1v) is 8.57. The number of ether oxygens (including phenoxy) is 1. The topological polar surface area (TPSA) is 102 Å². The minimum absolute atomic E-state index is 0.0109. The Morgan fingerprint density at radius 1 is 0.929 bits per heavy atom. The molecule has 0 unspecified atom stereocenters. The van der Waals surface area contributed by atoms with Gasteiger partial charge in [0.15, 0.2) is 5.78 Å². The zero-order chi connectivity index (χ0) is 20.5. The van der Waals surface area contributed by atoms with Gasteiger partial charge in [-0.15, -0.1) is 0 Å². The lowest BCUT2D eigenvalue weighted by molar-refractivity contribution is -0.112. The Kier molecular flexibility index (Phi) is 7.21. The molecule has 0 aliphatic heterocycles. The van der Waals surface area contributed by atoms with Crippen LogP contribution in [0, 0.1) is 0 Å². The zero-order valence-corrected chi connectivity index (χ0v) is 15.4. The Morgan fingerprint density at radius 3 is 2.18 bits per heavy atom. The van der Waals surface area contributed by atoms with Crippen LogP contribution in [0.3, 0.4) is 0 Å². The molecule has 28 heavy (non-hydrogen) atoms. The van der Waals surface area contributed by atoms with E-state index in [1.807, 2.05) is 11.4 Å². The van der Waals surface area contributed by atoms with Crippen LogP contribution in [-0.2, 0) is 9.53 Å². The van der Waals surface area contributed by atoms with E-state index in [9.17, 15) is 19.2 Å². The van der Waals surface area contributed by atoms with Crippen molar-refractivity contribution in [1.82, 2.24) is 5.32 Å². The molecule has 0 heterocycles. The van der Waals surface area contributed by atoms with E-state index in [4.69, 9.17) is 0 Å². The molecular weight excluding hydrogens is 360 g/mol. The second-order valence-electron chi connectivity index (χ2n) is 5.74. The fourth-order valence-corrected chi connectivity index (χ4v) is 2.36. The van der Waals surface area contributed by atoms with Crippen molar-refractivity contribution in [2.45, 2.75) is 13.3 Å². The van der Waals surface area contributed by atoms with Crippen molar-refractivity contribution >= 4 is 29.4 Å². The number of imide groups is 1. The first-order chi connectivity index (χ1) is 13.4. The molecule has 0 spiro atoms. The fourth-order valence-electron chi connectivity index (χ4n) is 2.36. The molecule has 144 valence electrons. The van der Waals surface area contributed by atoms with Crippen LogP contribution in [0.1, 0.15) is 34.1 Å². The number of hydrogen-bond donors (Lipinski definition) is 2. The summed E-state index contributed by atoms with van der Waals surface area (Å²) in [4.78, 5) is 48.5. The number of alkyl carbamates (subject to hydrolysis) is 1. The molecule has 0 atom stereocenters. The zero-order valence-electron chi connectivity index (χ0n) is 15.4. The van der Waals surface area contributed by atoms with Gasteiger partial charge in [-0.1, -0.05) is 43.0 Å². The molecule has 2 N–H and O–H groups in total. The van der Waals surface area contributed by atoms with Gasteiger partial charge >= 0.3 is 6.09 Å². The predicted molar refractivity (Wildman–Crippen MR) is 104 cm³/mol. The number of anilines is 1. The van der Waals surface area contributed by atoms with Gasteiger partial charge in [0.2, 0.25) is 0 Å². The van der Waals surface area contributed by atoms with Crippen molar-refractivity contribution in [3.05, 3.63) is 77.9 Å². The normalized spacial score (nSPS) is 9.89. The Bertz CT molecular complexity index is 906. The van der Waals surface area contributed by atoms with E-state index in [1.54, 1.807) is 43.3 Å². The van der Waals surface area contributed by atoms with Gasteiger partial charge in [0.1, 0.15) is 0 Å². The summed E-state index contributed by atoms with van der Waals surface area (Å²) in [6, 6.07) is 14.8. The van der Waals surface area contributed by atoms with Crippen LogP contribution in [-0.4, -0.2) is 30.3 Å². The summed E-state index contributed by atoms with van der Waals surface area (Å²) in [6.07, 6.45) is -1.18. The number of nitrogens with one attached hydrogen (secondary N) is 2. The molecule has 2 rings (SSSR count). The first kappa shape index (κ1) is 20.6. The summed E-state index contributed by atoms with van der Waals surface area (Å²) >= 11 is 0. The van der Waals surface area contributed by atoms with Crippen molar-refractivity contribution in [2.75, 3.05) is 11.9 Å². The van der Waals surface area contributed by atoms with Crippen molar-refractivity contribution in [3.63, 3.8) is 0 Å². The predicted octanol–water partition coefficient (Wildman–Crippen LogP) is 3.34. The molecule has 0 radical (unpaired) electrons. The molecule has 2 aromatic carbocycles. The van der Waals surface area contributed by atoms with Crippen LogP contribution < -0.4 is 10.6 Å². The largest absolute Gasteiger partial charge is 0.450 e. The molecule has 0 bridgehead atoms. The van der Waals surface area contributed by atoms with Crippen molar-refractivity contribution in [3.8, 4) is 0 Å². The van der Waals surface area contributed by atoms with E-state index in [2.05, 4.69) is 16.6 Å². The van der Waals surface area contributed by atoms with Gasteiger partial charge < -0.3 is 10.1 Å². The highest BCUT2D eigenvalue weighted by atomic mass is 16.5. The van der Waals surface area contributed by atoms with Gasteiger partial charge in [0, 0.05) is 23.2 Å². The molecule has 2 aromatic rings. The summed E-state index contributed by atoms with van der Waals surface area (Å²) in [5.41, 5.74) is 0.722. The number of benzene rings is 2. The van der Waals surface area contributed by atoms with Crippen LogP contribution in [0.2, 0.25) is 0 Å². The standard InChI is InChI=1S/C21H20N2O5/c1-3-28-21(27)23-20(26)17-12-8-7-11-16(17)18(24)13-14(2)19(25)22-15-9-5-4-6-10-15/h4-12H,2-3,13H2,1H3,(H,22,25)(H,23,26,27). The summed E-state index contributed by atoms with van der Waals surface area (Å²) in [5, 5.41) is 4.69. The third-order valence-corrected chi connectivity index (χ3v) is 3.69. The second-order valence-corrected chi connectivity index (χ2v) is 5.74. The van der Waals surface area contributed by atoms with Crippen LogP contribution in [0.4, 0.5) is 10.5 Å². The summed E-state index contributed by atoms with van der Waals surface area (Å²) in [7, 11) is 0. The highest BCUT2D eigenvalue weighted by Crippen LogP contribution is 2.15. The average Bonchev–Trinajstić information content (AvgIpc) is 2.68. The number of amides is 3. The first-order valence-electron chi connectivity index (χ1n) is 8.57. The molecular formula is C21H20N2O5. The number of para-hydroxylation sites is 1. The quantitative estimate of drug-likeness (QED) is 0.567. The Balaban J connectivity index is 2.07. The number of ketones is 1. The number of carbonyl (C=O) groups is 4. The van der Waals surface area contributed by atoms with E-state index in [-0.39, 0.29) is 29.7 Å². The summed E-state index contributed by atoms with van der Waals surface area (Å²) in [6.45, 7) is 5.37. The average molecular weight is 380 g/mol. The van der Waals surface area contributed by atoms with E-state index < -0.39 is 23.7 Å². The lowest BCUT2D eigenvalue weighted by atomic mass is 9.98. The number of hydrogen-bond acceptors (Lipinski definition) is 5. The smallest absolute Gasteiger partial charge is 0.414 e. The fraction of sp³-hybridized carbons (Fsp3) is 0.143. The molecule has 7 nitrogen and oxygen atoms in total. The molecule has 3 amide bonds. The molecule has 0 saturated carbocycles. The summed E-state index contributed by atoms with van der Waals surface area (Å²) in [5.74, 6) is -1.72. The number of Topliss-reactive ketones (excluding diaryl/α,β-unsaturated/α-hetero) is 1. The third kappa shape index (κ3) is 5.63. The Hall–Kier alpha value is -3.74. The number of carbonyl (C=O) groups excluding carboxylic acids is 4.